The van der Waals surface area contributed by atoms with E-state index in [0.717, 1.165) is 61.3 Å². The Morgan fingerprint density at radius 1 is 0.250 bits per heavy atom. The van der Waals surface area contributed by atoms with E-state index < -0.39 is 0 Å². The average Bonchev–Trinajstić information content (AvgIpc) is 3.71. The van der Waals surface area contributed by atoms with Crippen LogP contribution in [-0.4, -0.2) is 0 Å². The summed E-state index contributed by atoms with van der Waals surface area (Å²) in [6, 6.07) is 84.8. The van der Waals surface area contributed by atoms with Crippen molar-refractivity contribution in [2.75, 3.05) is 4.90 Å². The van der Waals surface area contributed by atoms with Gasteiger partial charge in [-0.2, -0.15) is 0 Å². The fourth-order valence-corrected chi connectivity index (χ4v) is 8.72. The highest BCUT2D eigenvalue weighted by atomic mass is 16.3. The Kier molecular flexibility index (Phi) is 8.87. The van der Waals surface area contributed by atoms with Gasteiger partial charge < -0.3 is 9.32 Å². The molecule has 11 rings (SSSR count). The zero-order valence-electron chi connectivity index (χ0n) is 32.9. The van der Waals surface area contributed by atoms with Gasteiger partial charge in [-0.05, 0) is 133 Å². The SMILES string of the molecule is c1ccc(-c2cccc(-c3cc4oc5ccccc5c4c4cc(-c5ccc(N(c6ccccc6)c6cc(-c7ccccc7)cc(-c7ccccc7)c6)cc5)ccc34)c2)cc1. The number of rotatable bonds is 8. The van der Waals surface area contributed by atoms with Gasteiger partial charge in [0.1, 0.15) is 11.2 Å². The summed E-state index contributed by atoms with van der Waals surface area (Å²) in [5, 5.41) is 4.64. The molecule has 0 aliphatic carbocycles. The summed E-state index contributed by atoms with van der Waals surface area (Å²) in [7, 11) is 0. The van der Waals surface area contributed by atoms with Gasteiger partial charge in [0, 0.05) is 27.8 Å². The van der Waals surface area contributed by atoms with Crippen LogP contribution in [-0.2, 0) is 0 Å². The van der Waals surface area contributed by atoms with Crippen LogP contribution in [0.2, 0.25) is 0 Å². The minimum absolute atomic E-state index is 0.891. The van der Waals surface area contributed by atoms with Crippen LogP contribution >= 0.6 is 0 Å². The number of para-hydroxylation sites is 2. The van der Waals surface area contributed by atoms with Crippen molar-refractivity contribution in [1.29, 1.82) is 0 Å². The lowest BCUT2D eigenvalue weighted by atomic mass is 9.91. The van der Waals surface area contributed by atoms with E-state index in [-0.39, 0.29) is 0 Å². The van der Waals surface area contributed by atoms with E-state index in [1.54, 1.807) is 0 Å². The highest BCUT2D eigenvalue weighted by molar-refractivity contribution is 6.22. The molecule has 0 radical (unpaired) electrons. The van der Waals surface area contributed by atoms with Crippen LogP contribution in [0.1, 0.15) is 0 Å². The van der Waals surface area contributed by atoms with E-state index in [4.69, 9.17) is 4.42 Å². The third-order valence-corrected chi connectivity index (χ3v) is 11.6. The van der Waals surface area contributed by atoms with Crippen molar-refractivity contribution < 1.29 is 4.42 Å². The molecule has 0 unspecified atom stereocenters. The van der Waals surface area contributed by atoms with Crippen molar-refractivity contribution in [3.63, 3.8) is 0 Å². The molecule has 1 aromatic heterocycles. The summed E-state index contributed by atoms with van der Waals surface area (Å²) in [5.41, 5.74) is 16.8. The predicted octanol–water partition coefficient (Wildman–Crippen LogP) is 16.5. The van der Waals surface area contributed by atoms with Crippen molar-refractivity contribution in [3.8, 4) is 55.6 Å². The van der Waals surface area contributed by atoms with Crippen molar-refractivity contribution in [1.82, 2.24) is 0 Å². The minimum Gasteiger partial charge on any atom is -0.456 e. The summed E-state index contributed by atoms with van der Waals surface area (Å²) in [5.74, 6) is 0. The molecule has 1 heterocycles. The quantitative estimate of drug-likeness (QED) is 0.153. The lowest BCUT2D eigenvalue weighted by Crippen LogP contribution is -2.10. The summed E-state index contributed by atoms with van der Waals surface area (Å²) in [6.45, 7) is 0. The first kappa shape index (κ1) is 35.2. The predicted molar refractivity (Wildman–Crippen MR) is 253 cm³/mol. The molecule has 2 nitrogen and oxygen atoms in total. The van der Waals surface area contributed by atoms with Crippen LogP contribution in [0.15, 0.2) is 241 Å². The first-order valence-corrected chi connectivity index (χ1v) is 20.5. The van der Waals surface area contributed by atoms with Gasteiger partial charge in [-0.25, -0.2) is 0 Å². The molecule has 10 aromatic carbocycles. The van der Waals surface area contributed by atoms with E-state index in [1.165, 1.54) is 44.2 Å². The lowest BCUT2D eigenvalue weighted by molar-refractivity contribution is 0.669. The molecule has 2 heteroatoms. The number of hydrogen-bond acceptors (Lipinski definition) is 2. The average molecular weight is 766 g/mol. The maximum atomic E-state index is 6.58. The highest BCUT2D eigenvalue weighted by Gasteiger charge is 2.18. The molecule has 0 spiro atoms. The molecule has 11 aromatic rings. The number of anilines is 3. The van der Waals surface area contributed by atoms with Crippen LogP contribution in [0.5, 0.6) is 0 Å². The third-order valence-electron chi connectivity index (χ3n) is 11.6. The van der Waals surface area contributed by atoms with Gasteiger partial charge in [-0.3, -0.25) is 0 Å². The molecule has 0 N–H and O–H groups in total. The zero-order chi connectivity index (χ0) is 39.8. The third kappa shape index (κ3) is 6.51. The van der Waals surface area contributed by atoms with E-state index in [1.807, 2.05) is 6.07 Å². The number of fused-ring (bicyclic) bond motifs is 5. The molecule has 0 fully saturated rings. The van der Waals surface area contributed by atoms with Gasteiger partial charge in [-0.15, -0.1) is 0 Å². The second kappa shape index (κ2) is 15.1. The summed E-state index contributed by atoms with van der Waals surface area (Å²) in [6.07, 6.45) is 0. The first-order valence-electron chi connectivity index (χ1n) is 20.5. The largest absolute Gasteiger partial charge is 0.456 e. The molecule has 0 saturated carbocycles. The van der Waals surface area contributed by atoms with Crippen molar-refractivity contribution in [2.45, 2.75) is 0 Å². The van der Waals surface area contributed by atoms with Crippen LogP contribution in [0.25, 0.3) is 88.3 Å². The van der Waals surface area contributed by atoms with E-state index >= 15 is 0 Å². The lowest BCUT2D eigenvalue weighted by Gasteiger charge is -2.27. The zero-order valence-corrected chi connectivity index (χ0v) is 32.9. The molecule has 60 heavy (non-hydrogen) atoms. The van der Waals surface area contributed by atoms with E-state index in [2.05, 4.69) is 235 Å². The Balaban J connectivity index is 1.04. The Bertz CT molecular complexity index is 3220. The molecular formula is C58H39NO. The van der Waals surface area contributed by atoms with Crippen molar-refractivity contribution >= 4 is 49.8 Å². The second-order valence-electron chi connectivity index (χ2n) is 15.3. The Morgan fingerprint density at radius 2 is 0.733 bits per heavy atom. The molecule has 0 amide bonds. The normalized spacial score (nSPS) is 11.3. The minimum atomic E-state index is 0.891. The van der Waals surface area contributed by atoms with Gasteiger partial charge in [0.2, 0.25) is 0 Å². The number of nitrogens with zero attached hydrogens (tertiary/aromatic N) is 1. The smallest absolute Gasteiger partial charge is 0.136 e. The maximum Gasteiger partial charge on any atom is 0.136 e. The molecule has 0 aliphatic heterocycles. The summed E-state index contributed by atoms with van der Waals surface area (Å²) < 4.78 is 6.58. The fraction of sp³-hybridized carbons (Fsp3) is 0. The van der Waals surface area contributed by atoms with Crippen LogP contribution < -0.4 is 4.90 Å². The second-order valence-corrected chi connectivity index (χ2v) is 15.3. The summed E-state index contributed by atoms with van der Waals surface area (Å²) >= 11 is 0. The van der Waals surface area contributed by atoms with Crippen molar-refractivity contribution in [3.05, 3.63) is 237 Å². The fourth-order valence-electron chi connectivity index (χ4n) is 8.72. The molecular weight excluding hydrogens is 727 g/mol. The molecule has 0 atom stereocenters. The topological polar surface area (TPSA) is 16.4 Å². The molecule has 0 bridgehead atoms. The summed E-state index contributed by atoms with van der Waals surface area (Å²) in [4.78, 5) is 2.36. The number of furan rings is 1. The monoisotopic (exact) mass is 765 g/mol. The van der Waals surface area contributed by atoms with Crippen LogP contribution in [0, 0.1) is 0 Å². The Labute approximate surface area is 349 Å². The Morgan fingerprint density at radius 3 is 1.40 bits per heavy atom. The maximum absolute atomic E-state index is 6.58. The van der Waals surface area contributed by atoms with Gasteiger partial charge in [0.25, 0.3) is 0 Å². The van der Waals surface area contributed by atoms with Gasteiger partial charge in [0.15, 0.2) is 0 Å². The van der Waals surface area contributed by atoms with Gasteiger partial charge >= 0.3 is 0 Å². The highest BCUT2D eigenvalue weighted by Crippen LogP contribution is 2.44. The first-order chi connectivity index (χ1) is 29.7. The number of benzene rings is 10. The standard InChI is InChI=1S/C58H39NO/c1-5-16-40(17-6-1)44-22-15-23-46(34-44)54-39-57-58(53-26-13-14-27-56(53)60-57)55-38-45(30-33-52(54)55)43-28-31-50(32-29-43)59(49-24-11-4-12-25-49)51-36-47(41-18-7-2-8-19-41)35-48(37-51)42-20-9-3-10-21-42/h1-39H. The van der Waals surface area contributed by atoms with Crippen LogP contribution in [0.4, 0.5) is 17.1 Å². The van der Waals surface area contributed by atoms with E-state index in [9.17, 15) is 0 Å². The Hall–Kier alpha value is -7.94. The molecule has 282 valence electrons. The van der Waals surface area contributed by atoms with Gasteiger partial charge in [-0.1, -0.05) is 170 Å². The van der Waals surface area contributed by atoms with Crippen LogP contribution in [0.3, 0.4) is 0 Å². The van der Waals surface area contributed by atoms with Gasteiger partial charge in [0.05, 0.1) is 0 Å². The number of hydrogen-bond donors (Lipinski definition) is 0. The molecule has 0 aliphatic rings. The molecule has 0 saturated heterocycles. The van der Waals surface area contributed by atoms with Crippen molar-refractivity contribution in [2.24, 2.45) is 0 Å². The van der Waals surface area contributed by atoms with E-state index in [0.29, 0.717) is 0 Å².